The van der Waals surface area contributed by atoms with Crippen molar-refractivity contribution < 1.29 is 4.39 Å². The SMILES string of the molecule is C=C/C(F)=C(\C)C#N. The number of hydrogen-bond acceptors (Lipinski definition) is 1. The second-order valence-electron chi connectivity index (χ2n) is 1.29. The van der Waals surface area contributed by atoms with Crippen molar-refractivity contribution in [3.63, 3.8) is 0 Å². The maximum absolute atomic E-state index is 12.1. The molecule has 0 atom stereocenters. The highest BCUT2D eigenvalue weighted by Crippen LogP contribution is 2.03. The summed E-state index contributed by atoms with van der Waals surface area (Å²) in [4.78, 5) is 0. The van der Waals surface area contributed by atoms with Gasteiger partial charge in [0.1, 0.15) is 5.83 Å². The first-order valence-corrected chi connectivity index (χ1v) is 2.11. The van der Waals surface area contributed by atoms with E-state index in [-0.39, 0.29) is 5.57 Å². The molecule has 0 bridgehead atoms. The van der Waals surface area contributed by atoms with Crippen LogP contribution in [0.15, 0.2) is 24.1 Å². The number of rotatable bonds is 1. The van der Waals surface area contributed by atoms with Crippen molar-refractivity contribution >= 4 is 0 Å². The van der Waals surface area contributed by atoms with Crippen LogP contribution in [0.1, 0.15) is 6.92 Å². The van der Waals surface area contributed by atoms with Crippen LogP contribution in [0.3, 0.4) is 0 Å². The summed E-state index contributed by atoms with van der Waals surface area (Å²) in [6.45, 7) is 4.55. The quantitative estimate of drug-likeness (QED) is 0.374. The van der Waals surface area contributed by atoms with E-state index >= 15 is 0 Å². The van der Waals surface area contributed by atoms with Gasteiger partial charge in [0.05, 0.1) is 11.6 Å². The molecule has 0 radical (unpaired) electrons. The zero-order valence-corrected chi connectivity index (χ0v) is 4.61. The summed E-state index contributed by atoms with van der Waals surface area (Å²) in [6.07, 6.45) is 1.01. The Morgan fingerprint density at radius 3 is 2.50 bits per heavy atom. The van der Waals surface area contributed by atoms with Crippen LogP contribution in [0, 0.1) is 11.3 Å². The van der Waals surface area contributed by atoms with Gasteiger partial charge >= 0.3 is 0 Å². The smallest absolute Gasteiger partial charge is 0.135 e. The van der Waals surface area contributed by atoms with Crippen LogP contribution in [0.25, 0.3) is 0 Å². The third-order valence-corrected chi connectivity index (χ3v) is 0.705. The van der Waals surface area contributed by atoms with E-state index in [0.717, 1.165) is 6.08 Å². The summed E-state index contributed by atoms with van der Waals surface area (Å²) >= 11 is 0. The molecule has 0 unspecified atom stereocenters. The van der Waals surface area contributed by atoms with Crippen LogP contribution in [0.5, 0.6) is 0 Å². The maximum atomic E-state index is 12.1. The van der Waals surface area contributed by atoms with Gasteiger partial charge in [0.2, 0.25) is 0 Å². The van der Waals surface area contributed by atoms with E-state index in [0.29, 0.717) is 0 Å². The largest absolute Gasteiger partial charge is 0.206 e. The molecular formula is C6H6FN. The van der Waals surface area contributed by atoms with Gasteiger partial charge in [0.25, 0.3) is 0 Å². The molecule has 0 aromatic heterocycles. The lowest BCUT2D eigenvalue weighted by atomic mass is 10.3. The Kier molecular flexibility index (Phi) is 2.57. The fraction of sp³-hybridized carbons (Fsp3) is 0.167. The fourth-order valence-electron chi connectivity index (χ4n) is 0.206. The molecule has 0 saturated heterocycles. The van der Waals surface area contributed by atoms with Crippen LogP contribution in [-0.2, 0) is 0 Å². The number of nitriles is 1. The molecule has 0 aromatic rings. The average Bonchev–Trinajstić information content (AvgIpc) is 1.84. The summed E-state index contributed by atoms with van der Waals surface area (Å²) in [5, 5.41) is 8.04. The van der Waals surface area contributed by atoms with Crippen molar-refractivity contribution in [3.05, 3.63) is 24.1 Å². The summed E-state index contributed by atoms with van der Waals surface area (Å²) < 4.78 is 12.1. The van der Waals surface area contributed by atoms with Gasteiger partial charge in [-0.3, -0.25) is 0 Å². The molecule has 0 saturated carbocycles. The van der Waals surface area contributed by atoms with E-state index in [1.54, 1.807) is 6.07 Å². The topological polar surface area (TPSA) is 23.8 Å². The molecule has 0 heterocycles. The Morgan fingerprint density at radius 2 is 2.38 bits per heavy atom. The van der Waals surface area contributed by atoms with Crippen LogP contribution >= 0.6 is 0 Å². The molecule has 0 N–H and O–H groups in total. The van der Waals surface area contributed by atoms with Crippen LogP contribution < -0.4 is 0 Å². The standard InChI is InChI=1S/C6H6FN/c1-3-6(7)5(2)4-8/h3H,1H2,2H3/b6-5-. The van der Waals surface area contributed by atoms with Crippen LogP contribution in [0.2, 0.25) is 0 Å². The molecule has 1 nitrogen and oxygen atoms in total. The molecule has 8 heavy (non-hydrogen) atoms. The van der Waals surface area contributed by atoms with Crippen molar-refractivity contribution in [2.24, 2.45) is 0 Å². The molecule has 2 heteroatoms. The molecular weight excluding hydrogens is 105 g/mol. The Bertz CT molecular complexity index is 162. The van der Waals surface area contributed by atoms with Crippen molar-refractivity contribution in [2.45, 2.75) is 6.92 Å². The average molecular weight is 111 g/mol. The Morgan fingerprint density at radius 1 is 1.88 bits per heavy atom. The minimum atomic E-state index is -0.549. The minimum Gasteiger partial charge on any atom is -0.206 e. The lowest BCUT2D eigenvalue weighted by Gasteiger charge is -1.82. The van der Waals surface area contributed by atoms with Gasteiger partial charge in [0, 0.05) is 0 Å². The van der Waals surface area contributed by atoms with Gasteiger partial charge in [0.15, 0.2) is 0 Å². The zero-order valence-electron chi connectivity index (χ0n) is 4.61. The zero-order chi connectivity index (χ0) is 6.57. The Hall–Kier alpha value is -1.10. The summed E-state index contributed by atoms with van der Waals surface area (Å²) in [6, 6.07) is 1.65. The van der Waals surface area contributed by atoms with Crippen molar-refractivity contribution in [2.75, 3.05) is 0 Å². The monoisotopic (exact) mass is 111 g/mol. The predicted molar refractivity (Wildman–Crippen MR) is 29.6 cm³/mol. The van der Waals surface area contributed by atoms with E-state index < -0.39 is 5.83 Å². The molecule has 0 aromatic carbocycles. The third-order valence-electron chi connectivity index (χ3n) is 0.705. The lowest BCUT2D eigenvalue weighted by Crippen LogP contribution is -1.70. The van der Waals surface area contributed by atoms with E-state index in [1.165, 1.54) is 6.92 Å². The van der Waals surface area contributed by atoms with Crippen LogP contribution in [0.4, 0.5) is 4.39 Å². The summed E-state index contributed by atoms with van der Waals surface area (Å²) in [5.74, 6) is -0.549. The second-order valence-corrected chi connectivity index (χ2v) is 1.29. The fourth-order valence-corrected chi connectivity index (χ4v) is 0.206. The first-order chi connectivity index (χ1) is 3.72. The van der Waals surface area contributed by atoms with Gasteiger partial charge < -0.3 is 0 Å². The normalized spacial score (nSPS) is 11.6. The van der Waals surface area contributed by atoms with E-state index in [1.807, 2.05) is 0 Å². The molecule has 0 rings (SSSR count). The number of nitrogens with zero attached hydrogens (tertiary/aromatic N) is 1. The molecule has 0 spiro atoms. The Labute approximate surface area is 47.7 Å². The highest BCUT2D eigenvalue weighted by molar-refractivity contribution is 5.27. The number of hydrogen-bond donors (Lipinski definition) is 0. The summed E-state index contributed by atoms with van der Waals surface area (Å²) in [7, 11) is 0. The highest BCUT2D eigenvalue weighted by Gasteiger charge is 1.91. The van der Waals surface area contributed by atoms with E-state index in [9.17, 15) is 4.39 Å². The van der Waals surface area contributed by atoms with Crippen molar-refractivity contribution in [1.82, 2.24) is 0 Å². The second kappa shape index (κ2) is 2.98. The van der Waals surface area contributed by atoms with Gasteiger partial charge in [-0.1, -0.05) is 6.58 Å². The molecule has 0 aliphatic rings. The van der Waals surface area contributed by atoms with E-state index in [4.69, 9.17) is 5.26 Å². The molecule has 0 aliphatic heterocycles. The predicted octanol–water partition coefficient (Wildman–Crippen LogP) is 1.94. The molecule has 42 valence electrons. The van der Waals surface area contributed by atoms with Crippen molar-refractivity contribution in [1.29, 1.82) is 5.26 Å². The molecule has 0 amide bonds. The first kappa shape index (κ1) is 6.90. The first-order valence-electron chi connectivity index (χ1n) is 2.11. The Balaban J connectivity index is 4.33. The minimum absolute atomic E-state index is 0.0694. The molecule has 0 aliphatic carbocycles. The highest BCUT2D eigenvalue weighted by atomic mass is 19.1. The number of allylic oxidation sites excluding steroid dienone is 3. The van der Waals surface area contributed by atoms with Gasteiger partial charge in [-0.05, 0) is 13.0 Å². The van der Waals surface area contributed by atoms with E-state index in [2.05, 4.69) is 6.58 Å². The summed E-state index contributed by atoms with van der Waals surface area (Å²) in [5.41, 5.74) is 0.0694. The maximum Gasteiger partial charge on any atom is 0.135 e. The molecule has 0 fully saturated rings. The van der Waals surface area contributed by atoms with Crippen LogP contribution in [-0.4, -0.2) is 0 Å². The van der Waals surface area contributed by atoms with Gasteiger partial charge in [-0.25, -0.2) is 4.39 Å². The number of halogens is 1. The third kappa shape index (κ3) is 1.57. The van der Waals surface area contributed by atoms with Crippen molar-refractivity contribution in [3.8, 4) is 6.07 Å². The lowest BCUT2D eigenvalue weighted by molar-refractivity contribution is 0.659. The van der Waals surface area contributed by atoms with Gasteiger partial charge in [-0.15, -0.1) is 0 Å². The van der Waals surface area contributed by atoms with Gasteiger partial charge in [-0.2, -0.15) is 5.26 Å².